The van der Waals surface area contributed by atoms with Gasteiger partial charge in [0.2, 0.25) is 0 Å². The van der Waals surface area contributed by atoms with Gasteiger partial charge in [0, 0.05) is 11.0 Å². The maximum Gasteiger partial charge on any atom is 0.168 e. The molecule has 14 heavy (non-hydrogen) atoms. The molecule has 0 aromatic heterocycles. The lowest BCUT2D eigenvalue weighted by atomic mass is 9.73. The minimum atomic E-state index is -0.287. The van der Waals surface area contributed by atoms with E-state index in [4.69, 9.17) is 0 Å². The van der Waals surface area contributed by atoms with Crippen molar-refractivity contribution in [1.29, 1.82) is 0 Å². The highest BCUT2D eigenvalue weighted by Crippen LogP contribution is 2.34. The number of Topliss-reactive ketones (excluding diaryl/α,β-unsaturated/α-hetero) is 1. The van der Waals surface area contributed by atoms with Crippen molar-refractivity contribution in [2.24, 2.45) is 5.41 Å². The minimum absolute atomic E-state index is 0.138. The van der Waals surface area contributed by atoms with Crippen LogP contribution in [-0.4, -0.2) is 5.78 Å². The van der Waals surface area contributed by atoms with Crippen molar-refractivity contribution in [2.45, 2.75) is 26.7 Å². The molecule has 0 aliphatic heterocycles. The molecule has 1 aliphatic carbocycles. The fraction of sp³-hybridized carbons (Fsp3) is 0.417. The third kappa shape index (κ3) is 1.35. The van der Waals surface area contributed by atoms with Crippen LogP contribution in [0.2, 0.25) is 0 Å². The highest BCUT2D eigenvalue weighted by molar-refractivity contribution is 6.02. The second-order valence-electron chi connectivity index (χ2n) is 4.51. The second kappa shape index (κ2) is 2.91. The molecule has 1 nitrogen and oxygen atoms in total. The molecule has 0 amide bonds. The zero-order valence-electron chi connectivity index (χ0n) is 8.43. The number of carbonyl (C=O) groups is 1. The highest BCUT2D eigenvalue weighted by atomic mass is 19.1. The molecule has 74 valence electrons. The van der Waals surface area contributed by atoms with Gasteiger partial charge < -0.3 is 0 Å². The van der Waals surface area contributed by atoms with Crippen LogP contribution >= 0.6 is 0 Å². The lowest BCUT2D eigenvalue weighted by Gasteiger charge is -2.29. The van der Waals surface area contributed by atoms with Gasteiger partial charge in [-0.25, -0.2) is 4.39 Å². The maximum absolute atomic E-state index is 12.9. The van der Waals surface area contributed by atoms with Crippen LogP contribution in [0.4, 0.5) is 4.39 Å². The summed E-state index contributed by atoms with van der Waals surface area (Å²) in [5, 5.41) is 0. The molecule has 0 heterocycles. The number of hydrogen-bond acceptors (Lipinski definition) is 1. The van der Waals surface area contributed by atoms with Gasteiger partial charge in [0.25, 0.3) is 0 Å². The SMILES string of the molecule is CC1(C)CCc2cc(F)ccc2C1=O. The van der Waals surface area contributed by atoms with Crippen LogP contribution < -0.4 is 0 Å². The summed E-state index contributed by atoms with van der Waals surface area (Å²) in [5.41, 5.74) is 1.27. The number of ketones is 1. The number of hydrogen-bond donors (Lipinski definition) is 0. The lowest BCUT2D eigenvalue weighted by molar-refractivity contribution is 0.0811. The third-order valence-corrected chi connectivity index (χ3v) is 2.95. The van der Waals surface area contributed by atoms with Crippen molar-refractivity contribution < 1.29 is 9.18 Å². The van der Waals surface area contributed by atoms with Crippen molar-refractivity contribution in [3.8, 4) is 0 Å². The van der Waals surface area contributed by atoms with Gasteiger partial charge in [0.1, 0.15) is 5.82 Å². The van der Waals surface area contributed by atoms with Crippen LogP contribution in [0.5, 0.6) is 0 Å². The average Bonchev–Trinajstić information content (AvgIpc) is 2.12. The van der Waals surface area contributed by atoms with Crippen molar-refractivity contribution in [1.82, 2.24) is 0 Å². The van der Waals surface area contributed by atoms with Crippen molar-refractivity contribution in [3.05, 3.63) is 35.1 Å². The van der Waals surface area contributed by atoms with E-state index in [-0.39, 0.29) is 17.0 Å². The van der Waals surface area contributed by atoms with Gasteiger partial charge in [-0.15, -0.1) is 0 Å². The molecule has 0 atom stereocenters. The first-order valence-electron chi connectivity index (χ1n) is 4.84. The number of aryl methyl sites for hydroxylation is 1. The molecular weight excluding hydrogens is 179 g/mol. The second-order valence-corrected chi connectivity index (χ2v) is 4.51. The summed E-state index contributed by atoms with van der Waals surface area (Å²) in [7, 11) is 0. The van der Waals surface area contributed by atoms with Crippen molar-refractivity contribution >= 4 is 5.78 Å². The Balaban J connectivity index is 2.52. The number of rotatable bonds is 0. The Bertz CT molecular complexity index is 393. The molecule has 2 rings (SSSR count). The molecule has 0 saturated carbocycles. The Hall–Kier alpha value is -1.18. The molecule has 0 fully saturated rings. The molecule has 2 heteroatoms. The molecule has 0 bridgehead atoms. The van der Waals surface area contributed by atoms with Gasteiger partial charge in [0.15, 0.2) is 5.78 Å². The summed E-state index contributed by atoms with van der Waals surface area (Å²) in [4.78, 5) is 11.9. The molecule has 1 aliphatic rings. The fourth-order valence-electron chi connectivity index (χ4n) is 1.92. The summed E-state index contributed by atoms with van der Waals surface area (Å²) in [6.45, 7) is 3.89. The van der Waals surface area contributed by atoms with E-state index in [1.165, 1.54) is 12.1 Å². The van der Waals surface area contributed by atoms with Crippen molar-refractivity contribution in [3.63, 3.8) is 0 Å². The normalized spacial score (nSPS) is 19.2. The van der Waals surface area contributed by atoms with E-state index >= 15 is 0 Å². The smallest absolute Gasteiger partial charge is 0.168 e. The molecule has 0 spiro atoms. The Labute approximate surface area is 82.9 Å². The maximum atomic E-state index is 12.9. The summed E-state index contributed by atoms with van der Waals surface area (Å²) in [6.07, 6.45) is 1.61. The summed E-state index contributed by atoms with van der Waals surface area (Å²) < 4.78 is 12.9. The van der Waals surface area contributed by atoms with Gasteiger partial charge in [0.05, 0.1) is 0 Å². The summed E-state index contributed by atoms with van der Waals surface area (Å²) in [5.74, 6) is -0.116. The van der Waals surface area contributed by atoms with E-state index in [0.29, 0.717) is 5.56 Å². The summed E-state index contributed by atoms with van der Waals surface area (Å²) >= 11 is 0. The Morgan fingerprint density at radius 1 is 1.36 bits per heavy atom. The van der Waals surface area contributed by atoms with Gasteiger partial charge >= 0.3 is 0 Å². The number of benzene rings is 1. The zero-order chi connectivity index (χ0) is 10.3. The number of halogens is 1. The first-order chi connectivity index (χ1) is 6.50. The van der Waals surface area contributed by atoms with Crippen LogP contribution in [0, 0.1) is 11.2 Å². The molecule has 0 unspecified atom stereocenters. The molecule has 0 N–H and O–H groups in total. The highest BCUT2D eigenvalue weighted by Gasteiger charge is 2.33. The predicted octanol–water partition coefficient (Wildman–Crippen LogP) is 2.98. The Kier molecular flexibility index (Phi) is 1.95. The predicted molar refractivity (Wildman–Crippen MR) is 52.8 cm³/mol. The Morgan fingerprint density at radius 2 is 2.07 bits per heavy atom. The minimum Gasteiger partial charge on any atom is -0.294 e. The molecule has 0 saturated heterocycles. The van der Waals surface area contributed by atoms with Crippen molar-refractivity contribution in [2.75, 3.05) is 0 Å². The molecule has 0 radical (unpaired) electrons. The van der Waals surface area contributed by atoms with Gasteiger partial charge in [-0.3, -0.25) is 4.79 Å². The van der Waals surface area contributed by atoms with E-state index in [1.54, 1.807) is 6.07 Å². The van der Waals surface area contributed by atoms with Gasteiger partial charge in [-0.1, -0.05) is 13.8 Å². The third-order valence-electron chi connectivity index (χ3n) is 2.95. The van der Waals surface area contributed by atoms with Crippen LogP contribution in [0.3, 0.4) is 0 Å². The largest absolute Gasteiger partial charge is 0.294 e. The van der Waals surface area contributed by atoms with Crippen LogP contribution in [0.15, 0.2) is 18.2 Å². The zero-order valence-corrected chi connectivity index (χ0v) is 8.43. The van der Waals surface area contributed by atoms with Gasteiger partial charge in [-0.05, 0) is 36.6 Å². The number of fused-ring (bicyclic) bond motifs is 1. The number of carbonyl (C=O) groups excluding carboxylic acids is 1. The Morgan fingerprint density at radius 3 is 2.79 bits per heavy atom. The first kappa shape index (κ1) is 9.38. The van der Waals surface area contributed by atoms with E-state index in [0.717, 1.165) is 18.4 Å². The van der Waals surface area contributed by atoms with E-state index in [1.807, 2.05) is 13.8 Å². The molecule has 1 aromatic carbocycles. The van der Waals surface area contributed by atoms with Gasteiger partial charge in [-0.2, -0.15) is 0 Å². The topological polar surface area (TPSA) is 17.1 Å². The molecular formula is C12H13FO. The first-order valence-corrected chi connectivity index (χ1v) is 4.84. The quantitative estimate of drug-likeness (QED) is 0.617. The fourth-order valence-corrected chi connectivity index (χ4v) is 1.92. The van der Waals surface area contributed by atoms with E-state index < -0.39 is 0 Å². The van der Waals surface area contributed by atoms with E-state index in [9.17, 15) is 9.18 Å². The lowest BCUT2D eigenvalue weighted by Crippen LogP contribution is -2.30. The van der Waals surface area contributed by atoms with Crippen LogP contribution in [-0.2, 0) is 6.42 Å². The standard InChI is InChI=1S/C12H13FO/c1-12(2)6-5-8-7-9(13)3-4-10(8)11(12)14/h3-4,7H,5-6H2,1-2H3. The van der Waals surface area contributed by atoms with E-state index in [2.05, 4.69) is 0 Å². The summed E-state index contributed by atoms with van der Waals surface area (Å²) in [6, 6.07) is 4.44. The monoisotopic (exact) mass is 192 g/mol. The molecule has 1 aromatic rings. The van der Waals surface area contributed by atoms with Crippen LogP contribution in [0.1, 0.15) is 36.2 Å². The van der Waals surface area contributed by atoms with Crippen LogP contribution in [0.25, 0.3) is 0 Å². The average molecular weight is 192 g/mol.